The first-order valence-corrected chi connectivity index (χ1v) is 37.2. The average Bonchev–Trinajstić information content (AvgIpc) is 2.98. The molecule has 15 nitrogen and oxygen atoms in total. The lowest BCUT2D eigenvalue weighted by molar-refractivity contribution is -0.334. The number of aliphatic hydroxyl groups excluding tert-OH is 2. The van der Waals surface area contributed by atoms with Crippen molar-refractivity contribution in [2.75, 3.05) is 19.8 Å². The Morgan fingerprint density at radius 1 is 0.386 bits per heavy atom. The molecule has 516 valence electrons. The Hall–Kier alpha value is -2.40. The lowest BCUT2D eigenvalue weighted by Gasteiger charge is -2.25. The van der Waals surface area contributed by atoms with Gasteiger partial charge in [0.15, 0.2) is 6.10 Å². The summed E-state index contributed by atoms with van der Waals surface area (Å²) in [6.07, 6.45) is 41.7. The summed E-state index contributed by atoms with van der Waals surface area (Å²) in [5.41, 5.74) is 0. The molecule has 3 aliphatic heterocycles. The van der Waals surface area contributed by atoms with Crippen molar-refractivity contribution in [1.29, 1.82) is 0 Å². The van der Waals surface area contributed by atoms with Crippen LogP contribution in [0.1, 0.15) is 344 Å². The van der Waals surface area contributed by atoms with Gasteiger partial charge in [-0.1, -0.05) is 222 Å². The van der Waals surface area contributed by atoms with E-state index in [4.69, 9.17) is 42.9 Å². The van der Waals surface area contributed by atoms with E-state index in [0.717, 1.165) is 193 Å². The van der Waals surface area contributed by atoms with Gasteiger partial charge in [-0.3, -0.25) is 19.2 Å². The molecule has 0 aromatic heterocycles. The predicted molar refractivity (Wildman–Crippen MR) is 350 cm³/mol. The van der Waals surface area contributed by atoms with Crippen LogP contribution >= 0.6 is 0 Å². The van der Waals surface area contributed by atoms with Gasteiger partial charge in [-0.2, -0.15) is 0 Å². The number of aliphatic hydroxyl groups is 2. The number of carbonyl (C=O) groups is 4. The standard InChI is InChI=1S/C73H134O15/c1-8-15-20-21-26-35-44-60(74)62(86-72(78)57(13-6)42-18-11-4)45-36-27-22-23-32-41-52-82-88-59(56-81-71(77)51-40-31-25-29-38-49-66-69(85-66)54-68-65(84-68)48-34-17-10-3)55-80-70(76)50-39-30-24-28-37-46-63(87-73(79)58(14-7)43-19-12-5)61(75)53-67-64(83-67)47-33-16-9-2/h57-69,74-75H,8-56H2,1-7H3. The summed E-state index contributed by atoms with van der Waals surface area (Å²) in [5.74, 6) is -1.29. The molecule has 0 saturated carbocycles. The maximum absolute atomic E-state index is 13.3. The van der Waals surface area contributed by atoms with E-state index in [1.165, 1.54) is 57.8 Å². The van der Waals surface area contributed by atoms with Gasteiger partial charge in [0.1, 0.15) is 25.4 Å². The molecule has 3 saturated heterocycles. The van der Waals surface area contributed by atoms with Crippen molar-refractivity contribution in [1.82, 2.24) is 0 Å². The lowest BCUT2D eigenvalue weighted by Crippen LogP contribution is -2.34. The van der Waals surface area contributed by atoms with E-state index in [2.05, 4.69) is 34.6 Å². The summed E-state index contributed by atoms with van der Waals surface area (Å²) >= 11 is 0. The SMILES string of the molecule is CCCCCCCCC(O)C(CCCCCCCCOOC(COC(=O)CCCCCCCC(OC(=O)C(CC)CCCC)C(O)CC1OC1CCCCC)COC(=O)CCCCCCCC1OC1CC1OC1CCCCC)OC(=O)C(CC)CCCC. The number of esters is 4. The van der Waals surface area contributed by atoms with Gasteiger partial charge in [-0.15, -0.1) is 0 Å². The van der Waals surface area contributed by atoms with Crippen LogP contribution in [0.2, 0.25) is 0 Å². The van der Waals surface area contributed by atoms with Crippen molar-refractivity contribution in [3.8, 4) is 0 Å². The maximum atomic E-state index is 13.3. The third kappa shape index (κ3) is 39.2. The fourth-order valence-electron chi connectivity index (χ4n) is 12.3. The highest BCUT2D eigenvalue weighted by molar-refractivity contribution is 5.73. The molecule has 2 N–H and O–H groups in total. The van der Waals surface area contributed by atoms with Gasteiger partial charge in [0.05, 0.1) is 67.3 Å². The van der Waals surface area contributed by atoms with Crippen molar-refractivity contribution < 1.29 is 72.3 Å². The Morgan fingerprint density at radius 2 is 0.761 bits per heavy atom. The second kappa shape index (κ2) is 52.0. The molecule has 0 aromatic rings. The average molecular weight is 1250 g/mol. The highest BCUT2D eigenvalue weighted by Gasteiger charge is 2.47. The minimum absolute atomic E-state index is 0.0254. The number of epoxide rings is 3. The van der Waals surface area contributed by atoms with Crippen molar-refractivity contribution >= 4 is 23.9 Å². The predicted octanol–water partition coefficient (Wildman–Crippen LogP) is 17.6. The molecule has 3 rings (SSSR count). The van der Waals surface area contributed by atoms with Crippen molar-refractivity contribution in [2.24, 2.45) is 11.8 Å². The molecule has 0 bridgehead atoms. The van der Waals surface area contributed by atoms with Crippen LogP contribution in [0.4, 0.5) is 0 Å². The van der Waals surface area contributed by atoms with Crippen molar-refractivity contribution in [2.45, 2.75) is 411 Å². The van der Waals surface area contributed by atoms with Gasteiger partial charge in [-0.25, -0.2) is 9.78 Å². The molecule has 88 heavy (non-hydrogen) atoms. The number of carbonyl (C=O) groups excluding carboxylic acids is 4. The minimum atomic E-state index is -0.771. The Bertz CT molecular complexity index is 1720. The zero-order valence-electron chi connectivity index (χ0n) is 57.4. The molecule has 0 aliphatic carbocycles. The second-order valence-electron chi connectivity index (χ2n) is 26.7. The zero-order valence-corrected chi connectivity index (χ0v) is 57.4. The van der Waals surface area contributed by atoms with Crippen LogP contribution in [0.5, 0.6) is 0 Å². The second-order valence-corrected chi connectivity index (χ2v) is 26.7. The van der Waals surface area contributed by atoms with Gasteiger partial charge >= 0.3 is 23.9 Å². The lowest BCUT2D eigenvalue weighted by atomic mass is 9.97. The third-order valence-corrected chi connectivity index (χ3v) is 18.7. The van der Waals surface area contributed by atoms with Gasteiger partial charge in [0.25, 0.3) is 0 Å². The molecule has 0 spiro atoms. The number of rotatable bonds is 64. The first-order chi connectivity index (χ1) is 42.9. The van der Waals surface area contributed by atoms with Crippen LogP contribution in [-0.4, -0.2) is 121 Å². The maximum Gasteiger partial charge on any atom is 0.309 e. The molecule has 13 unspecified atom stereocenters. The van der Waals surface area contributed by atoms with E-state index in [1.54, 1.807) is 0 Å². The van der Waals surface area contributed by atoms with Gasteiger partial charge in [0, 0.05) is 25.7 Å². The highest BCUT2D eigenvalue weighted by Crippen LogP contribution is 2.39. The molecule has 3 heterocycles. The van der Waals surface area contributed by atoms with Gasteiger partial charge < -0.3 is 43.4 Å². The van der Waals surface area contributed by atoms with E-state index >= 15 is 0 Å². The quantitative estimate of drug-likeness (QED) is 0.0145. The summed E-state index contributed by atoms with van der Waals surface area (Å²) in [6, 6.07) is 0. The van der Waals surface area contributed by atoms with Crippen LogP contribution in [0.25, 0.3) is 0 Å². The highest BCUT2D eigenvalue weighted by atomic mass is 17.2. The summed E-state index contributed by atoms with van der Waals surface area (Å²) < 4.78 is 41.2. The molecule has 0 amide bonds. The molecular formula is C73H134O15. The largest absolute Gasteiger partial charge is 0.463 e. The van der Waals surface area contributed by atoms with Crippen LogP contribution in [0.3, 0.4) is 0 Å². The molecular weight excluding hydrogens is 1120 g/mol. The first-order valence-electron chi connectivity index (χ1n) is 37.2. The van der Waals surface area contributed by atoms with Crippen LogP contribution in [0, 0.1) is 11.8 Å². The Morgan fingerprint density at radius 3 is 1.24 bits per heavy atom. The van der Waals surface area contributed by atoms with Crippen LogP contribution < -0.4 is 0 Å². The van der Waals surface area contributed by atoms with Crippen molar-refractivity contribution in [3.63, 3.8) is 0 Å². The summed E-state index contributed by atoms with van der Waals surface area (Å²) in [7, 11) is 0. The number of hydrogen-bond acceptors (Lipinski definition) is 15. The number of hydrogen-bond donors (Lipinski definition) is 2. The van der Waals surface area contributed by atoms with E-state index in [0.29, 0.717) is 69.5 Å². The van der Waals surface area contributed by atoms with Gasteiger partial charge in [-0.05, 0) is 96.3 Å². The summed E-state index contributed by atoms with van der Waals surface area (Å²) in [4.78, 5) is 63.8. The molecule has 0 radical (unpaired) electrons. The molecule has 0 aromatic carbocycles. The summed E-state index contributed by atoms with van der Waals surface area (Å²) in [6.45, 7) is 15.1. The fraction of sp³-hybridized carbons (Fsp3) is 0.945. The Labute approximate surface area is 536 Å². The minimum Gasteiger partial charge on any atom is -0.463 e. The Balaban J connectivity index is 1.39. The first kappa shape index (κ1) is 79.8. The van der Waals surface area contributed by atoms with E-state index < -0.39 is 30.5 Å². The van der Waals surface area contributed by atoms with Crippen molar-refractivity contribution in [3.05, 3.63) is 0 Å². The number of unbranched alkanes of at least 4 members (excludes halogenated alkanes) is 24. The van der Waals surface area contributed by atoms with E-state index in [1.807, 2.05) is 13.8 Å². The van der Waals surface area contributed by atoms with Gasteiger partial charge in [0.2, 0.25) is 0 Å². The van der Waals surface area contributed by atoms with Crippen LogP contribution in [-0.2, 0) is 62.1 Å². The van der Waals surface area contributed by atoms with E-state index in [9.17, 15) is 29.4 Å². The normalized spacial score (nSPS) is 21.0. The topological polar surface area (TPSA) is 202 Å². The molecule has 3 aliphatic rings. The molecule has 3 fully saturated rings. The molecule has 15 heteroatoms. The zero-order chi connectivity index (χ0) is 63.8. The van der Waals surface area contributed by atoms with E-state index in [-0.39, 0.29) is 67.6 Å². The fourth-order valence-corrected chi connectivity index (χ4v) is 12.3. The monoisotopic (exact) mass is 1250 g/mol. The van der Waals surface area contributed by atoms with Crippen LogP contribution in [0.15, 0.2) is 0 Å². The Kier molecular flexibility index (Phi) is 47.2. The molecule has 13 atom stereocenters. The third-order valence-electron chi connectivity index (χ3n) is 18.7. The smallest absolute Gasteiger partial charge is 0.309 e. The summed E-state index contributed by atoms with van der Waals surface area (Å²) in [5, 5.41) is 22.5. The number of ether oxygens (including phenoxy) is 7.